The Kier molecular flexibility index (Phi) is 6.52. The van der Waals surface area contributed by atoms with Crippen LogP contribution in [-0.4, -0.2) is 38.3 Å². The van der Waals surface area contributed by atoms with E-state index >= 15 is 0 Å². The molecule has 22 heavy (non-hydrogen) atoms. The smallest absolute Gasteiger partial charge is 0.222 e. The number of halogens is 1. The van der Waals surface area contributed by atoms with Crippen LogP contribution >= 0.6 is 11.6 Å². The number of nitrogens with one attached hydrogen (secondary N) is 1. The molecule has 1 aliphatic heterocycles. The summed E-state index contributed by atoms with van der Waals surface area (Å²) in [5.74, 6) is 0.580. The number of nitrogens with zero attached hydrogens (tertiary/aromatic N) is 1. The Morgan fingerprint density at radius 1 is 1.41 bits per heavy atom. The SMILES string of the molecule is CC(C)OCCC(=O)NC[C@H]1CCN(c2ccc(Cl)cc2)C1. The summed E-state index contributed by atoms with van der Waals surface area (Å²) in [6.45, 7) is 7.18. The number of amides is 1. The Balaban J connectivity index is 1.68. The third-order valence-electron chi connectivity index (χ3n) is 3.85. The molecule has 0 radical (unpaired) electrons. The van der Waals surface area contributed by atoms with Crippen LogP contribution in [0.1, 0.15) is 26.7 Å². The van der Waals surface area contributed by atoms with E-state index in [1.165, 1.54) is 5.69 Å². The van der Waals surface area contributed by atoms with Gasteiger partial charge >= 0.3 is 0 Å². The largest absolute Gasteiger partial charge is 0.378 e. The van der Waals surface area contributed by atoms with Gasteiger partial charge < -0.3 is 15.0 Å². The quantitative estimate of drug-likeness (QED) is 0.838. The highest BCUT2D eigenvalue weighted by molar-refractivity contribution is 6.30. The molecule has 0 aromatic heterocycles. The number of benzene rings is 1. The number of hydrogen-bond acceptors (Lipinski definition) is 3. The molecule has 0 aliphatic carbocycles. The van der Waals surface area contributed by atoms with Crippen molar-refractivity contribution in [2.45, 2.75) is 32.8 Å². The summed E-state index contributed by atoms with van der Waals surface area (Å²) in [6, 6.07) is 7.93. The molecule has 1 aliphatic rings. The van der Waals surface area contributed by atoms with Crippen molar-refractivity contribution in [3.63, 3.8) is 0 Å². The molecule has 1 fully saturated rings. The summed E-state index contributed by atoms with van der Waals surface area (Å²) in [4.78, 5) is 14.1. The highest BCUT2D eigenvalue weighted by Gasteiger charge is 2.22. The minimum Gasteiger partial charge on any atom is -0.378 e. The van der Waals surface area contributed by atoms with Crippen LogP contribution in [0.4, 0.5) is 5.69 Å². The number of ether oxygens (including phenoxy) is 1. The molecular weight excluding hydrogens is 300 g/mol. The summed E-state index contributed by atoms with van der Waals surface area (Å²) in [7, 11) is 0. The fourth-order valence-electron chi connectivity index (χ4n) is 2.62. The van der Waals surface area contributed by atoms with Gasteiger partial charge in [0.1, 0.15) is 0 Å². The van der Waals surface area contributed by atoms with Crippen LogP contribution in [0.15, 0.2) is 24.3 Å². The first-order valence-corrected chi connectivity index (χ1v) is 8.31. The van der Waals surface area contributed by atoms with Gasteiger partial charge in [-0.25, -0.2) is 0 Å². The highest BCUT2D eigenvalue weighted by Crippen LogP contribution is 2.24. The maximum atomic E-state index is 11.8. The monoisotopic (exact) mass is 324 g/mol. The Morgan fingerprint density at radius 2 is 2.14 bits per heavy atom. The summed E-state index contributed by atoms with van der Waals surface area (Å²) < 4.78 is 5.39. The first kappa shape index (κ1) is 17.1. The van der Waals surface area contributed by atoms with E-state index in [9.17, 15) is 4.79 Å². The van der Waals surface area contributed by atoms with Gasteiger partial charge in [0.05, 0.1) is 12.7 Å². The zero-order valence-corrected chi connectivity index (χ0v) is 14.1. The third kappa shape index (κ3) is 5.50. The lowest BCUT2D eigenvalue weighted by Crippen LogP contribution is -2.31. The second-order valence-corrected chi connectivity index (χ2v) is 6.49. The highest BCUT2D eigenvalue weighted by atomic mass is 35.5. The topological polar surface area (TPSA) is 41.6 Å². The van der Waals surface area contributed by atoms with Gasteiger partial charge in [0, 0.05) is 36.8 Å². The van der Waals surface area contributed by atoms with Gasteiger partial charge in [-0.05, 0) is 50.5 Å². The van der Waals surface area contributed by atoms with E-state index in [4.69, 9.17) is 16.3 Å². The minimum absolute atomic E-state index is 0.0746. The van der Waals surface area contributed by atoms with E-state index in [2.05, 4.69) is 10.2 Å². The first-order chi connectivity index (χ1) is 10.5. The molecule has 1 amide bonds. The lowest BCUT2D eigenvalue weighted by molar-refractivity contribution is -0.122. The van der Waals surface area contributed by atoms with Crippen molar-refractivity contribution in [2.75, 3.05) is 31.1 Å². The normalized spacial score (nSPS) is 18.0. The van der Waals surface area contributed by atoms with Gasteiger partial charge in [-0.15, -0.1) is 0 Å². The summed E-state index contributed by atoms with van der Waals surface area (Å²) in [5, 5.41) is 3.77. The molecule has 1 N–H and O–H groups in total. The molecule has 1 saturated heterocycles. The molecule has 1 heterocycles. The third-order valence-corrected chi connectivity index (χ3v) is 4.10. The molecule has 0 bridgehead atoms. The van der Waals surface area contributed by atoms with Gasteiger partial charge in [0.15, 0.2) is 0 Å². The van der Waals surface area contributed by atoms with Crippen molar-refractivity contribution >= 4 is 23.2 Å². The second-order valence-electron chi connectivity index (χ2n) is 6.05. The maximum absolute atomic E-state index is 11.8. The van der Waals surface area contributed by atoms with E-state index < -0.39 is 0 Å². The molecule has 0 saturated carbocycles. The molecule has 1 aromatic carbocycles. The summed E-state index contributed by atoms with van der Waals surface area (Å²) >= 11 is 5.92. The van der Waals surface area contributed by atoms with Gasteiger partial charge in [-0.3, -0.25) is 4.79 Å². The van der Waals surface area contributed by atoms with Gasteiger partial charge in [-0.1, -0.05) is 11.6 Å². The number of hydrogen-bond donors (Lipinski definition) is 1. The van der Waals surface area contributed by atoms with E-state index in [0.717, 1.165) is 31.1 Å². The van der Waals surface area contributed by atoms with Crippen molar-refractivity contribution in [2.24, 2.45) is 5.92 Å². The first-order valence-electron chi connectivity index (χ1n) is 7.93. The maximum Gasteiger partial charge on any atom is 0.222 e. The van der Waals surface area contributed by atoms with Crippen molar-refractivity contribution in [1.29, 1.82) is 0 Å². The fraction of sp³-hybridized carbons (Fsp3) is 0.588. The second kappa shape index (κ2) is 8.39. The van der Waals surface area contributed by atoms with Gasteiger partial charge in [0.25, 0.3) is 0 Å². The van der Waals surface area contributed by atoms with Gasteiger partial charge in [-0.2, -0.15) is 0 Å². The average molecular weight is 325 g/mol. The predicted molar refractivity (Wildman–Crippen MR) is 90.5 cm³/mol. The Labute approximate surface area is 137 Å². The summed E-state index contributed by atoms with van der Waals surface area (Å²) in [5.41, 5.74) is 1.20. The number of anilines is 1. The van der Waals surface area contributed by atoms with Crippen molar-refractivity contribution < 1.29 is 9.53 Å². The molecular formula is C17H25ClN2O2. The molecule has 5 heteroatoms. The van der Waals surface area contributed by atoms with Crippen LogP contribution in [0, 0.1) is 5.92 Å². The molecule has 1 atom stereocenters. The molecule has 0 unspecified atom stereocenters. The number of carbonyl (C=O) groups is 1. The molecule has 0 spiro atoms. The lowest BCUT2D eigenvalue weighted by atomic mass is 10.1. The van der Waals surface area contributed by atoms with E-state index in [-0.39, 0.29) is 12.0 Å². The van der Waals surface area contributed by atoms with Crippen molar-refractivity contribution in [1.82, 2.24) is 5.32 Å². The standard InChI is InChI=1S/C17H25ClN2O2/c1-13(2)22-10-8-17(21)19-11-14-7-9-20(12-14)16-5-3-15(18)4-6-16/h3-6,13-14H,7-12H2,1-2H3,(H,19,21)/t14-/m1/s1. The van der Waals surface area contributed by atoms with Gasteiger partial charge in [0.2, 0.25) is 5.91 Å². The van der Waals surface area contributed by atoms with Crippen LogP contribution in [0.25, 0.3) is 0 Å². The van der Waals surface area contributed by atoms with Crippen molar-refractivity contribution in [3.8, 4) is 0 Å². The average Bonchev–Trinajstić information content (AvgIpc) is 2.94. The molecule has 2 rings (SSSR count). The van der Waals surface area contributed by atoms with Crippen LogP contribution in [0.3, 0.4) is 0 Å². The molecule has 4 nitrogen and oxygen atoms in total. The predicted octanol–water partition coefficient (Wildman–Crippen LogP) is 3.10. The van der Waals surface area contributed by atoms with E-state index in [0.29, 0.717) is 18.9 Å². The van der Waals surface area contributed by atoms with Crippen molar-refractivity contribution in [3.05, 3.63) is 29.3 Å². The zero-order valence-electron chi connectivity index (χ0n) is 13.3. The lowest BCUT2D eigenvalue weighted by Gasteiger charge is -2.19. The zero-order chi connectivity index (χ0) is 15.9. The Morgan fingerprint density at radius 3 is 2.82 bits per heavy atom. The molecule has 122 valence electrons. The molecule has 1 aromatic rings. The number of carbonyl (C=O) groups excluding carboxylic acids is 1. The van der Waals surface area contributed by atoms with Crippen LogP contribution in [0.2, 0.25) is 5.02 Å². The Hall–Kier alpha value is -1.26. The van der Waals surface area contributed by atoms with Crippen LogP contribution in [-0.2, 0) is 9.53 Å². The van der Waals surface area contributed by atoms with E-state index in [1.54, 1.807) is 0 Å². The summed E-state index contributed by atoms with van der Waals surface area (Å²) in [6.07, 6.45) is 1.72. The van der Waals surface area contributed by atoms with E-state index in [1.807, 2.05) is 38.1 Å². The Bertz CT molecular complexity index is 476. The fourth-order valence-corrected chi connectivity index (χ4v) is 2.75. The minimum atomic E-state index is 0.0746. The van der Waals surface area contributed by atoms with Crippen LogP contribution < -0.4 is 10.2 Å². The number of rotatable bonds is 7. The van der Waals surface area contributed by atoms with Crippen LogP contribution in [0.5, 0.6) is 0 Å².